The summed E-state index contributed by atoms with van der Waals surface area (Å²) in [5, 5.41) is 3.95. The number of rotatable bonds is 3. The molecule has 100 valence electrons. The smallest absolute Gasteiger partial charge is 0.259 e. The van der Waals surface area contributed by atoms with Crippen LogP contribution in [0.4, 0.5) is 0 Å². The van der Waals surface area contributed by atoms with Gasteiger partial charge in [-0.05, 0) is 25.1 Å². The predicted octanol–water partition coefficient (Wildman–Crippen LogP) is 2.51. The Morgan fingerprint density at radius 1 is 1.00 bits per heavy atom. The Bertz CT molecular complexity index is 705. The molecular formula is C14H12N4O2. The molecule has 0 aliphatic rings. The highest BCUT2D eigenvalue weighted by Gasteiger charge is 2.11. The summed E-state index contributed by atoms with van der Waals surface area (Å²) in [5.41, 5.74) is 2.49. The Hall–Kier alpha value is -2.76. The van der Waals surface area contributed by atoms with E-state index in [9.17, 15) is 0 Å². The van der Waals surface area contributed by atoms with Gasteiger partial charge in [0.05, 0.1) is 12.7 Å². The van der Waals surface area contributed by atoms with Crippen molar-refractivity contribution in [2.75, 3.05) is 7.11 Å². The molecule has 0 saturated carbocycles. The molecule has 0 N–H and O–H groups in total. The fourth-order valence-electron chi connectivity index (χ4n) is 1.69. The molecule has 0 unspecified atom stereocenters. The van der Waals surface area contributed by atoms with Crippen LogP contribution in [0.25, 0.3) is 22.8 Å². The van der Waals surface area contributed by atoms with Gasteiger partial charge >= 0.3 is 0 Å². The second kappa shape index (κ2) is 5.08. The van der Waals surface area contributed by atoms with Crippen molar-refractivity contribution in [3.05, 3.63) is 42.4 Å². The Labute approximate surface area is 115 Å². The van der Waals surface area contributed by atoms with Crippen LogP contribution in [0, 0.1) is 6.92 Å². The SMILES string of the molecule is COc1ccc(-c2noc(-c3ccc(C)nc3)n2)cn1. The van der Waals surface area contributed by atoms with E-state index in [2.05, 4.69) is 20.1 Å². The van der Waals surface area contributed by atoms with Gasteiger partial charge in [-0.2, -0.15) is 4.98 Å². The average molecular weight is 268 g/mol. The molecule has 0 amide bonds. The maximum atomic E-state index is 5.24. The number of hydrogen-bond acceptors (Lipinski definition) is 6. The van der Waals surface area contributed by atoms with Gasteiger partial charge in [0.1, 0.15) is 0 Å². The largest absolute Gasteiger partial charge is 0.481 e. The summed E-state index contributed by atoms with van der Waals surface area (Å²) >= 11 is 0. The Balaban J connectivity index is 1.91. The molecule has 6 heteroatoms. The van der Waals surface area contributed by atoms with Crippen LogP contribution >= 0.6 is 0 Å². The van der Waals surface area contributed by atoms with Crippen molar-refractivity contribution in [2.45, 2.75) is 6.92 Å². The van der Waals surface area contributed by atoms with E-state index in [1.54, 1.807) is 25.6 Å². The van der Waals surface area contributed by atoms with Gasteiger partial charge in [-0.3, -0.25) is 4.98 Å². The first-order valence-corrected chi connectivity index (χ1v) is 6.03. The molecule has 0 aromatic carbocycles. The van der Waals surface area contributed by atoms with E-state index in [0.29, 0.717) is 17.6 Å². The maximum absolute atomic E-state index is 5.24. The zero-order valence-electron chi connectivity index (χ0n) is 11.1. The van der Waals surface area contributed by atoms with Gasteiger partial charge in [0.2, 0.25) is 11.7 Å². The molecule has 20 heavy (non-hydrogen) atoms. The van der Waals surface area contributed by atoms with Gasteiger partial charge in [0, 0.05) is 29.7 Å². The normalized spacial score (nSPS) is 10.5. The highest BCUT2D eigenvalue weighted by molar-refractivity contribution is 5.58. The highest BCUT2D eigenvalue weighted by Crippen LogP contribution is 2.22. The van der Waals surface area contributed by atoms with Crippen LogP contribution in [0.15, 0.2) is 41.2 Å². The van der Waals surface area contributed by atoms with Crippen molar-refractivity contribution in [3.63, 3.8) is 0 Å². The minimum absolute atomic E-state index is 0.434. The Morgan fingerprint density at radius 2 is 1.80 bits per heavy atom. The lowest BCUT2D eigenvalue weighted by Crippen LogP contribution is -1.88. The highest BCUT2D eigenvalue weighted by atomic mass is 16.5. The average Bonchev–Trinajstić information content (AvgIpc) is 2.98. The van der Waals surface area contributed by atoms with Crippen molar-refractivity contribution in [2.24, 2.45) is 0 Å². The topological polar surface area (TPSA) is 73.9 Å². The molecule has 0 radical (unpaired) electrons. The third-order valence-corrected chi connectivity index (χ3v) is 2.79. The van der Waals surface area contributed by atoms with Crippen LogP contribution in [0.1, 0.15) is 5.69 Å². The van der Waals surface area contributed by atoms with E-state index in [1.807, 2.05) is 25.1 Å². The summed E-state index contributed by atoms with van der Waals surface area (Å²) in [7, 11) is 1.57. The number of methoxy groups -OCH3 is 1. The molecular weight excluding hydrogens is 256 g/mol. The lowest BCUT2D eigenvalue weighted by atomic mass is 10.2. The standard InChI is InChI=1S/C14H12N4O2/c1-9-3-4-11(8-15-9)14-17-13(18-20-14)10-5-6-12(19-2)16-7-10/h3-8H,1-2H3. The van der Waals surface area contributed by atoms with Crippen LogP contribution in [0.5, 0.6) is 5.88 Å². The van der Waals surface area contributed by atoms with Crippen LogP contribution < -0.4 is 4.74 Å². The lowest BCUT2D eigenvalue weighted by Gasteiger charge is -1.97. The number of pyridine rings is 2. The molecule has 0 fully saturated rings. The molecule has 3 aromatic rings. The van der Waals surface area contributed by atoms with Gasteiger partial charge in [-0.1, -0.05) is 5.16 Å². The zero-order chi connectivity index (χ0) is 13.9. The molecule has 0 atom stereocenters. The van der Waals surface area contributed by atoms with Crippen LogP contribution in [-0.2, 0) is 0 Å². The van der Waals surface area contributed by atoms with Gasteiger partial charge in [0.15, 0.2) is 0 Å². The van der Waals surface area contributed by atoms with Crippen molar-refractivity contribution >= 4 is 0 Å². The molecule has 0 spiro atoms. The third kappa shape index (κ3) is 2.35. The maximum Gasteiger partial charge on any atom is 0.259 e. The van der Waals surface area contributed by atoms with Crippen LogP contribution in [-0.4, -0.2) is 27.2 Å². The second-order valence-electron chi connectivity index (χ2n) is 4.20. The first-order valence-electron chi connectivity index (χ1n) is 6.03. The zero-order valence-corrected chi connectivity index (χ0v) is 11.1. The van der Waals surface area contributed by atoms with Crippen LogP contribution in [0.3, 0.4) is 0 Å². The summed E-state index contributed by atoms with van der Waals surface area (Å²) < 4.78 is 10.2. The van der Waals surface area contributed by atoms with Crippen molar-refractivity contribution in [1.29, 1.82) is 0 Å². The van der Waals surface area contributed by atoms with Crippen molar-refractivity contribution in [1.82, 2.24) is 20.1 Å². The van der Waals surface area contributed by atoms with E-state index in [0.717, 1.165) is 16.8 Å². The number of ether oxygens (including phenoxy) is 1. The molecule has 0 aliphatic carbocycles. The monoisotopic (exact) mass is 268 g/mol. The molecule has 0 bridgehead atoms. The van der Waals surface area contributed by atoms with E-state index < -0.39 is 0 Å². The van der Waals surface area contributed by atoms with Gasteiger partial charge < -0.3 is 9.26 Å². The summed E-state index contributed by atoms with van der Waals surface area (Å²) in [4.78, 5) is 12.7. The van der Waals surface area contributed by atoms with Gasteiger partial charge in [-0.25, -0.2) is 4.98 Å². The molecule has 6 nitrogen and oxygen atoms in total. The van der Waals surface area contributed by atoms with E-state index in [4.69, 9.17) is 9.26 Å². The lowest BCUT2D eigenvalue weighted by molar-refractivity contribution is 0.398. The van der Waals surface area contributed by atoms with Gasteiger partial charge in [0.25, 0.3) is 5.89 Å². The number of nitrogens with zero attached hydrogens (tertiary/aromatic N) is 4. The first-order chi connectivity index (χ1) is 9.76. The quantitative estimate of drug-likeness (QED) is 0.726. The Kier molecular flexibility index (Phi) is 3.12. The minimum Gasteiger partial charge on any atom is -0.481 e. The van der Waals surface area contributed by atoms with E-state index in [-0.39, 0.29) is 0 Å². The molecule has 3 heterocycles. The fraction of sp³-hybridized carbons (Fsp3) is 0.143. The molecule has 0 aliphatic heterocycles. The molecule has 0 saturated heterocycles. The predicted molar refractivity (Wildman–Crippen MR) is 72.0 cm³/mol. The summed E-state index contributed by atoms with van der Waals surface area (Å²) in [6.07, 6.45) is 3.35. The fourth-order valence-corrected chi connectivity index (χ4v) is 1.69. The second-order valence-corrected chi connectivity index (χ2v) is 4.20. The van der Waals surface area contributed by atoms with Crippen LogP contribution in [0.2, 0.25) is 0 Å². The molecule has 3 aromatic heterocycles. The first kappa shape index (κ1) is 12.3. The van der Waals surface area contributed by atoms with Crippen molar-refractivity contribution in [3.8, 4) is 28.7 Å². The summed E-state index contributed by atoms with van der Waals surface area (Å²) in [6.45, 7) is 1.92. The van der Waals surface area contributed by atoms with Gasteiger partial charge in [-0.15, -0.1) is 0 Å². The summed E-state index contributed by atoms with van der Waals surface area (Å²) in [6, 6.07) is 7.37. The van der Waals surface area contributed by atoms with Crippen molar-refractivity contribution < 1.29 is 9.26 Å². The number of aryl methyl sites for hydroxylation is 1. The number of hydrogen-bond donors (Lipinski definition) is 0. The Morgan fingerprint density at radius 3 is 2.45 bits per heavy atom. The molecule has 3 rings (SSSR count). The summed E-state index contributed by atoms with van der Waals surface area (Å²) in [5.74, 6) is 1.46. The minimum atomic E-state index is 0.434. The van der Waals surface area contributed by atoms with E-state index in [1.165, 1.54) is 0 Å². The third-order valence-electron chi connectivity index (χ3n) is 2.79. The van der Waals surface area contributed by atoms with E-state index >= 15 is 0 Å². The number of aromatic nitrogens is 4.